The number of hydrogen-bond acceptors (Lipinski definition) is 3. The van der Waals surface area contributed by atoms with Gasteiger partial charge in [-0.2, -0.15) is 0 Å². The van der Waals surface area contributed by atoms with Gasteiger partial charge in [-0.05, 0) is 0 Å². The van der Waals surface area contributed by atoms with E-state index < -0.39 is 15.9 Å². The Kier molecular flexibility index (Phi) is 5.13. The first-order chi connectivity index (χ1) is 5.79. The maximum atomic E-state index is 9.08. The zero-order valence-electron chi connectivity index (χ0n) is 7.29. The molecular formula is C5H10Cl5O3P. The Bertz CT molecular complexity index is 198. The minimum absolute atomic E-state index is 0.305. The summed E-state index contributed by atoms with van der Waals surface area (Å²) in [6.45, 7) is 3.31. The van der Waals surface area contributed by atoms with Crippen LogP contribution in [0.2, 0.25) is 0 Å². The van der Waals surface area contributed by atoms with Gasteiger partial charge in [-0.3, -0.25) is 0 Å². The van der Waals surface area contributed by atoms with Gasteiger partial charge in [0.2, 0.25) is 0 Å². The predicted octanol–water partition coefficient (Wildman–Crippen LogP) is 3.99. The molecule has 0 aliphatic carbocycles. The van der Waals surface area contributed by atoms with E-state index in [1.165, 1.54) is 0 Å². The summed E-state index contributed by atoms with van der Waals surface area (Å²) in [5.74, 6) is -5.47. The van der Waals surface area contributed by atoms with Gasteiger partial charge in [-0.1, -0.05) is 0 Å². The summed E-state index contributed by atoms with van der Waals surface area (Å²) in [5.41, 5.74) is 0. The Labute approximate surface area is 107 Å². The normalized spacial score (nSPS) is 19.1. The van der Waals surface area contributed by atoms with Crippen molar-refractivity contribution in [1.29, 1.82) is 0 Å². The standard InChI is InChI=1S/C5H10Cl5O3P/c1-3(2)4(5(6,7)8)13-14(9,10,11)12/h3-4,11-12H,1-2H3. The third-order valence-corrected chi connectivity index (χ3v) is 2.91. The summed E-state index contributed by atoms with van der Waals surface area (Å²) in [7, 11) is 0. The fourth-order valence-electron chi connectivity index (χ4n) is 0.747. The molecule has 0 saturated heterocycles. The molecule has 0 heterocycles. The molecule has 88 valence electrons. The molecule has 0 aliphatic heterocycles. The minimum atomic E-state index is -5.16. The van der Waals surface area contributed by atoms with Gasteiger partial charge in [0, 0.05) is 0 Å². The van der Waals surface area contributed by atoms with Crippen molar-refractivity contribution in [3.05, 3.63) is 0 Å². The van der Waals surface area contributed by atoms with Gasteiger partial charge in [-0.15, -0.1) is 0 Å². The topological polar surface area (TPSA) is 49.7 Å². The Morgan fingerprint density at radius 3 is 1.57 bits per heavy atom. The van der Waals surface area contributed by atoms with Crippen molar-refractivity contribution in [2.45, 2.75) is 23.7 Å². The van der Waals surface area contributed by atoms with Gasteiger partial charge < -0.3 is 0 Å². The first kappa shape index (κ1) is 15.8. The van der Waals surface area contributed by atoms with Crippen LogP contribution in [0.1, 0.15) is 13.8 Å². The van der Waals surface area contributed by atoms with E-state index in [1.807, 2.05) is 0 Å². The van der Waals surface area contributed by atoms with Crippen molar-refractivity contribution < 1.29 is 14.3 Å². The van der Waals surface area contributed by atoms with Gasteiger partial charge in [0.15, 0.2) is 0 Å². The van der Waals surface area contributed by atoms with Crippen molar-refractivity contribution in [2.75, 3.05) is 0 Å². The number of rotatable bonds is 3. The predicted molar refractivity (Wildman–Crippen MR) is 63.1 cm³/mol. The second-order valence-corrected chi connectivity index (χ2v) is 11.3. The van der Waals surface area contributed by atoms with Crippen LogP contribution < -0.4 is 0 Å². The average Bonchev–Trinajstić information content (AvgIpc) is 1.76. The molecule has 0 amide bonds. The molecule has 0 radical (unpaired) electrons. The second kappa shape index (κ2) is 4.56. The molecule has 0 bridgehead atoms. The van der Waals surface area contributed by atoms with Crippen LogP contribution in [0.25, 0.3) is 0 Å². The van der Waals surface area contributed by atoms with E-state index in [0.717, 1.165) is 0 Å². The fraction of sp³-hybridized carbons (Fsp3) is 1.00. The van der Waals surface area contributed by atoms with Gasteiger partial charge in [0.1, 0.15) is 0 Å². The number of hydrogen-bond donors (Lipinski definition) is 2. The molecule has 14 heavy (non-hydrogen) atoms. The van der Waals surface area contributed by atoms with E-state index in [0.29, 0.717) is 0 Å². The quantitative estimate of drug-likeness (QED) is 0.609. The molecule has 0 aliphatic rings. The summed E-state index contributed by atoms with van der Waals surface area (Å²) >= 11 is 26.9. The Morgan fingerprint density at radius 2 is 1.50 bits per heavy atom. The van der Waals surface area contributed by atoms with Crippen molar-refractivity contribution in [2.24, 2.45) is 5.92 Å². The third kappa shape index (κ3) is 7.10. The van der Waals surface area contributed by atoms with Gasteiger partial charge >= 0.3 is 107 Å². The summed E-state index contributed by atoms with van der Waals surface area (Å²) < 4.78 is 2.79. The summed E-state index contributed by atoms with van der Waals surface area (Å²) in [6.07, 6.45) is -1.12. The van der Waals surface area contributed by atoms with Gasteiger partial charge in [-0.25, -0.2) is 0 Å². The van der Waals surface area contributed by atoms with Crippen LogP contribution in [0.5, 0.6) is 0 Å². The first-order valence-electron chi connectivity index (χ1n) is 3.50. The Hall–Kier alpha value is 1.76. The zero-order valence-corrected chi connectivity index (χ0v) is 12.0. The van der Waals surface area contributed by atoms with E-state index >= 15 is 0 Å². The summed E-state index contributed by atoms with van der Waals surface area (Å²) in [5, 5.41) is 0. The Balaban J connectivity index is 4.75. The van der Waals surface area contributed by atoms with Crippen LogP contribution >= 0.6 is 63.3 Å². The van der Waals surface area contributed by atoms with E-state index in [-0.39, 0.29) is 5.92 Å². The maximum absolute atomic E-state index is 9.08. The molecular weight excluding hydrogens is 316 g/mol. The molecule has 0 aromatic rings. The molecule has 0 spiro atoms. The van der Waals surface area contributed by atoms with E-state index in [2.05, 4.69) is 4.52 Å². The number of halogens is 5. The van der Waals surface area contributed by atoms with Crippen molar-refractivity contribution in [3.8, 4) is 0 Å². The summed E-state index contributed by atoms with van der Waals surface area (Å²) in [4.78, 5) is 18.2. The second-order valence-electron chi connectivity index (χ2n) is 3.07. The van der Waals surface area contributed by atoms with Crippen LogP contribution in [0.4, 0.5) is 0 Å². The van der Waals surface area contributed by atoms with Crippen LogP contribution in [0.15, 0.2) is 0 Å². The van der Waals surface area contributed by atoms with Crippen molar-refractivity contribution >= 4 is 63.3 Å². The molecule has 9 heteroatoms. The number of alkyl halides is 3. The summed E-state index contributed by atoms with van der Waals surface area (Å²) in [6, 6.07) is 0. The first-order valence-corrected chi connectivity index (χ1v) is 8.50. The molecule has 0 fully saturated rings. The van der Waals surface area contributed by atoms with E-state index in [1.54, 1.807) is 13.8 Å². The monoisotopic (exact) mass is 324 g/mol. The van der Waals surface area contributed by atoms with Crippen molar-refractivity contribution in [3.63, 3.8) is 0 Å². The van der Waals surface area contributed by atoms with Crippen LogP contribution in [0.3, 0.4) is 0 Å². The van der Waals surface area contributed by atoms with E-state index in [4.69, 9.17) is 67.1 Å². The molecule has 3 nitrogen and oxygen atoms in total. The fourth-order valence-corrected chi connectivity index (χ4v) is 3.11. The molecule has 1 atom stereocenters. The Morgan fingerprint density at radius 1 is 1.14 bits per heavy atom. The zero-order chi connectivity index (χ0) is 11.8. The van der Waals surface area contributed by atoms with Gasteiger partial charge in [0.05, 0.1) is 0 Å². The average molecular weight is 326 g/mol. The molecule has 0 saturated carbocycles. The molecule has 0 aromatic carbocycles. The van der Waals surface area contributed by atoms with Crippen LogP contribution in [0, 0.1) is 5.92 Å². The third-order valence-electron chi connectivity index (χ3n) is 1.22. The van der Waals surface area contributed by atoms with E-state index in [9.17, 15) is 0 Å². The van der Waals surface area contributed by atoms with Crippen LogP contribution in [-0.2, 0) is 4.52 Å². The molecule has 0 aromatic heterocycles. The molecule has 1 unspecified atom stereocenters. The van der Waals surface area contributed by atoms with Crippen molar-refractivity contribution in [1.82, 2.24) is 0 Å². The van der Waals surface area contributed by atoms with Crippen LogP contribution in [-0.4, -0.2) is 19.7 Å². The molecule has 2 N–H and O–H groups in total. The molecule has 0 rings (SSSR count). The SMILES string of the molecule is CC(C)C(OP(O)(O)(Cl)Cl)C(Cl)(Cl)Cl. The van der Waals surface area contributed by atoms with Gasteiger partial charge in [0.25, 0.3) is 0 Å².